The van der Waals surface area contributed by atoms with Crippen LogP contribution in [0.15, 0.2) is 0 Å². The summed E-state index contributed by atoms with van der Waals surface area (Å²) in [6, 6.07) is 0. The average Bonchev–Trinajstić information content (AvgIpc) is 1.95. The summed E-state index contributed by atoms with van der Waals surface area (Å²) in [5.41, 5.74) is 6.00. The summed E-state index contributed by atoms with van der Waals surface area (Å²) in [6.07, 6.45) is 4.36. The minimum Gasteiger partial charge on any atom is -0.392 e. The highest BCUT2D eigenvalue weighted by Gasteiger charge is 2.37. The molecule has 3 heteroatoms. The molecule has 0 bridgehead atoms. The van der Waals surface area contributed by atoms with Gasteiger partial charge in [0.25, 0.3) is 0 Å². The van der Waals surface area contributed by atoms with Gasteiger partial charge in [0.15, 0.2) is 0 Å². The van der Waals surface area contributed by atoms with Crippen LogP contribution in [0.25, 0.3) is 0 Å². The third-order valence-electron chi connectivity index (χ3n) is 3.09. The molecule has 3 nitrogen and oxygen atoms in total. The van der Waals surface area contributed by atoms with Gasteiger partial charge in [-0.25, -0.2) is 0 Å². The Morgan fingerprint density at radius 3 is 2.38 bits per heavy atom. The molecule has 1 aliphatic carbocycles. The molecule has 0 aromatic rings. The van der Waals surface area contributed by atoms with E-state index in [1.54, 1.807) is 0 Å². The summed E-state index contributed by atoms with van der Waals surface area (Å²) in [7, 11) is 3.97. The fourth-order valence-corrected chi connectivity index (χ4v) is 2.15. The van der Waals surface area contributed by atoms with Crippen LogP contribution in [0, 0.1) is 5.41 Å². The van der Waals surface area contributed by atoms with Gasteiger partial charge in [-0.15, -0.1) is 0 Å². The standard InChI is InChI=1S/C10H22N2O/c1-12(2)7-9(13)6-10(8-11)4-3-5-10/h9,13H,3-8,11H2,1-2H3/t9-/m0/s1. The summed E-state index contributed by atoms with van der Waals surface area (Å²) in [6.45, 7) is 1.49. The maximum atomic E-state index is 9.75. The lowest BCUT2D eigenvalue weighted by Crippen LogP contribution is -2.42. The van der Waals surface area contributed by atoms with Crippen LogP contribution < -0.4 is 5.73 Å². The lowest BCUT2D eigenvalue weighted by molar-refractivity contribution is 0.0345. The molecule has 0 heterocycles. The monoisotopic (exact) mass is 186 g/mol. The van der Waals surface area contributed by atoms with Gasteiger partial charge in [0.2, 0.25) is 0 Å². The van der Waals surface area contributed by atoms with Gasteiger partial charge in [0.1, 0.15) is 0 Å². The minimum atomic E-state index is -0.209. The largest absolute Gasteiger partial charge is 0.392 e. The van der Waals surface area contributed by atoms with Crippen molar-refractivity contribution >= 4 is 0 Å². The first-order chi connectivity index (χ1) is 6.08. The van der Waals surface area contributed by atoms with Crippen LogP contribution in [0.2, 0.25) is 0 Å². The van der Waals surface area contributed by atoms with Gasteiger partial charge in [-0.3, -0.25) is 0 Å². The zero-order chi connectivity index (χ0) is 9.90. The number of hydrogen-bond acceptors (Lipinski definition) is 3. The van der Waals surface area contributed by atoms with E-state index in [9.17, 15) is 5.11 Å². The second-order valence-corrected chi connectivity index (χ2v) is 4.68. The van der Waals surface area contributed by atoms with E-state index in [4.69, 9.17) is 5.73 Å². The Balaban J connectivity index is 2.29. The van der Waals surface area contributed by atoms with Crippen molar-refractivity contribution in [3.05, 3.63) is 0 Å². The molecule has 13 heavy (non-hydrogen) atoms. The summed E-state index contributed by atoms with van der Waals surface area (Å²) in [5.74, 6) is 0. The maximum Gasteiger partial charge on any atom is 0.0672 e. The number of nitrogens with two attached hydrogens (primary N) is 1. The lowest BCUT2D eigenvalue weighted by atomic mass is 9.65. The highest BCUT2D eigenvalue weighted by Crippen LogP contribution is 2.43. The minimum absolute atomic E-state index is 0.209. The van der Waals surface area contributed by atoms with Gasteiger partial charge in [-0.2, -0.15) is 0 Å². The van der Waals surface area contributed by atoms with E-state index in [2.05, 4.69) is 0 Å². The first-order valence-corrected chi connectivity index (χ1v) is 5.11. The Bertz CT molecular complexity index is 149. The van der Waals surface area contributed by atoms with Crippen LogP contribution in [-0.2, 0) is 0 Å². The summed E-state index contributed by atoms with van der Waals surface area (Å²) in [5, 5.41) is 9.75. The van der Waals surface area contributed by atoms with Crippen molar-refractivity contribution < 1.29 is 5.11 Å². The molecule has 1 aliphatic rings. The second kappa shape index (κ2) is 4.40. The molecule has 1 atom stereocenters. The van der Waals surface area contributed by atoms with E-state index in [1.807, 2.05) is 19.0 Å². The molecule has 0 saturated heterocycles. The van der Waals surface area contributed by atoms with Crippen LogP contribution >= 0.6 is 0 Å². The number of nitrogens with zero attached hydrogens (tertiary/aromatic N) is 1. The van der Waals surface area contributed by atoms with E-state index in [0.29, 0.717) is 0 Å². The molecule has 0 aliphatic heterocycles. The number of aliphatic hydroxyl groups excluding tert-OH is 1. The molecule has 0 unspecified atom stereocenters. The van der Waals surface area contributed by atoms with Crippen molar-refractivity contribution in [3.8, 4) is 0 Å². The number of aliphatic hydroxyl groups is 1. The lowest BCUT2D eigenvalue weighted by Gasteiger charge is -2.42. The first kappa shape index (κ1) is 11.0. The van der Waals surface area contributed by atoms with Gasteiger partial charge in [0, 0.05) is 6.54 Å². The average molecular weight is 186 g/mol. The Labute approximate surface area is 80.9 Å². The summed E-state index contributed by atoms with van der Waals surface area (Å²) >= 11 is 0. The van der Waals surface area contributed by atoms with E-state index < -0.39 is 0 Å². The molecular weight excluding hydrogens is 164 g/mol. The van der Waals surface area contributed by atoms with Crippen LogP contribution in [0.4, 0.5) is 0 Å². The molecule has 0 radical (unpaired) electrons. The quantitative estimate of drug-likeness (QED) is 0.654. The molecule has 0 aromatic carbocycles. The molecule has 1 fully saturated rings. The Morgan fingerprint density at radius 2 is 2.08 bits per heavy atom. The molecule has 1 saturated carbocycles. The zero-order valence-corrected chi connectivity index (χ0v) is 8.79. The van der Waals surface area contributed by atoms with E-state index in [0.717, 1.165) is 19.5 Å². The molecular formula is C10H22N2O. The van der Waals surface area contributed by atoms with Crippen LogP contribution in [0.5, 0.6) is 0 Å². The molecule has 0 aromatic heterocycles. The first-order valence-electron chi connectivity index (χ1n) is 5.11. The van der Waals surface area contributed by atoms with Crippen molar-refractivity contribution in [3.63, 3.8) is 0 Å². The number of likely N-dealkylation sites (N-methyl/N-ethyl adjacent to an activating group) is 1. The summed E-state index contributed by atoms with van der Waals surface area (Å²) < 4.78 is 0. The van der Waals surface area contributed by atoms with Crippen LogP contribution in [-0.4, -0.2) is 43.3 Å². The van der Waals surface area contributed by atoms with E-state index >= 15 is 0 Å². The van der Waals surface area contributed by atoms with Gasteiger partial charge in [-0.1, -0.05) is 6.42 Å². The highest BCUT2D eigenvalue weighted by atomic mass is 16.3. The smallest absolute Gasteiger partial charge is 0.0672 e. The third-order valence-corrected chi connectivity index (χ3v) is 3.09. The third kappa shape index (κ3) is 2.93. The SMILES string of the molecule is CN(C)C[C@@H](O)CC1(CN)CCC1. The van der Waals surface area contributed by atoms with Crippen molar-refractivity contribution in [2.24, 2.45) is 11.1 Å². The summed E-state index contributed by atoms with van der Waals surface area (Å²) in [4.78, 5) is 2.02. The normalized spacial score (nSPS) is 22.8. The molecule has 78 valence electrons. The highest BCUT2D eigenvalue weighted by molar-refractivity contribution is 4.90. The number of hydrogen-bond donors (Lipinski definition) is 2. The van der Waals surface area contributed by atoms with E-state index in [-0.39, 0.29) is 11.5 Å². The van der Waals surface area contributed by atoms with E-state index in [1.165, 1.54) is 19.3 Å². The molecule has 1 rings (SSSR count). The topological polar surface area (TPSA) is 49.5 Å². The Hall–Kier alpha value is -0.120. The maximum absolute atomic E-state index is 9.75. The predicted octanol–water partition coefficient (Wildman–Crippen LogP) is 0.428. The fourth-order valence-electron chi connectivity index (χ4n) is 2.15. The molecule has 0 spiro atoms. The van der Waals surface area contributed by atoms with Gasteiger partial charge in [0.05, 0.1) is 6.10 Å². The molecule has 3 N–H and O–H groups in total. The molecule has 0 amide bonds. The van der Waals surface area contributed by atoms with Crippen molar-refractivity contribution in [2.45, 2.75) is 31.8 Å². The second-order valence-electron chi connectivity index (χ2n) is 4.68. The van der Waals surface area contributed by atoms with Gasteiger partial charge >= 0.3 is 0 Å². The van der Waals surface area contributed by atoms with Crippen LogP contribution in [0.1, 0.15) is 25.7 Å². The van der Waals surface area contributed by atoms with Gasteiger partial charge in [-0.05, 0) is 45.3 Å². The Kier molecular flexibility index (Phi) is 3.71. The van der Waals surface area contributed by atoms with Gasteiger partial charge < -0.3 is 15.7 Å². The zero-order valence-electron chi connectivity index (χ0n) is 8.79. The predicted molar refractivity (Wildman–Crippen MR) is 54.5 cm³/mol. The number of rotatable bonds is 5. The fraction of sp³-hybridized carbons (Fsp3) is 1.00. The van der Waals surface area contributed by atoms with Crippen molar-refractivity contribution in [1.29, 1.82) is 0 Å². The Morgan fingerprint density at radius 1 is 1.46 bits per heavy atom. The van der Waals surface area contributed by atoms with Crippen LogP contribution in [0.3, 0.4) is 0 Å². The van der Waals surface area contributed by atoms with Crippen molar-refractivity contribution in [2.75, 3.05) is 27.2 Å². The van der Waals surface area contributed by atoms with Crippen molar-refractivity contribution in [1.82, 2.24) is 4.90 Å².